The Bertz CT molecular complexity index is 637. The first kappa shape index (κ1) is 15.3. The van der Waals surface area contributed by atoms with E-state index in [1.807, 2.05) is 24.3 Å². The van der Waals surface area contributed by atoms with Crippen LogP contribution in [0.25, 0.3) is 11.4 Å². The van der Waals surface area contributed by atoms with Gasteiger partial charge in [-0.25, -0.2) is 9.97 Å². The Balaban J connectivity index is 2.01. The van der Waals surface area contributed by atoms with Gasteiger partial charge in [0.05, 0.1) is 13.2 Å². The molecule has 0 radical (unpaired) electrons. The summed E-state index contributed by atoms with van der Waals surface area (Å²) >= 11 is 5.97. The molecule has 3 rings (SSSR count). The van der Waals surface area contributed by atoms with Gasteiger partial charge in [0.25, 0.3) is 0 Å². The van der Waals surface area contributed by atoms with Crippen LogP contribution in [0.2, 0.25) is 5.02 Å². The number of halogens is 1. The molecule has 2 heterocycles. The summed E-state index contributed by atoms with van der Waals surface area (Å²) in [6, 6.07) is 9.76. The molecule has 22 heavy (non-hydrogen) atoms. The Labute approximate surface area is 136 Å². The number of aromatic nitrogens is 2. The second-order valence-electron chi connectivity index (χ2n) is 5.74. The molecule has 1 aromatic carbocycles. The topological polar surface area (TPSA) is 38.2 Å². The maximum atomic E-state index is 5.97. The summed E-state index contributed by atoms with van der Waals surface area (Å²) in [6.45, 7) is 7.53. The lowest BCUT2D eigenvalue weighted by Gasteiger charge is -2.28. The van der Waals surface area contributed by atoms with Crippen LogP contribution in [0.15, 0.2) is 30.3 Å². The quantitative estimate of drug-likeness (QED) is 0.864. The van der Waals surface area contributed by atoms with Crippen molar-refractivity contribution in [1.82, 2.24) is 9.97 Å². The molecule has 1 aliphatic rings. The van der Waals surface area contributed by atoms with Crippen molar-refractivity contribution < 1.29 is 4.74 Å². The highest BCUT2D eigenvalue weighted by atomic mass is 35.5. The predicted molar refractivity (Wildman–Crippen MR) is 89.6 cm³/mol. The standard InChI is InChI=1S/C17H20ClN3O/c1-12(2)15-11-16(21-7-9-22-10-8-21)20-17(19-15)13-3-5-14(18)6-4-13/h3-6,11-12H,7-10H2,1-2H3. The van der Waals surface area contributed by atoms with Gasteiger partial charge in [0.2, 0.25) is 0 Å². The molecule has 0 unspecified atom stereocenters. The monoisotopic (exact) mass is 317 g/mol. The summed E-state index contributed by atoms with van der Waals surface area (Å²) in [4.78, 5) is 11.7. The SMILES string of the molecule is CC(C)c1cc(N2CCOCC2)nc(-c2ccc(Cl)cc2)n1. The molecular formula is C17H20ClN3O. The second kappa shape index (κ2) is 6.63. The van der Waals surface area contributed by atoms with E-state index in [1.54, 1.807) is 0 Å². The van der Waals surface area contributed by atoms with Crippen LogP contribution in [-0.2, 0) is 4.74 Å². The lowest BCUT2D eigenvalue weighted by atomic mass is 10.1. The molecule has 0 N–H and O–H groups in total. The highest BCUT2D eigenvalue weighted by Crippen LogP contribution is 2.25. The summed E-state index contributed by atoms with van der Waals surface area (Å²) in [5.41, 5.74) is 2.04. The number of morpholine rings is 1. The third-order valence-corrected chi connectivity index (χ3v) is 4.01. The Kier molecular flexibility index (Phi) is 4.60. The van der Waals surface area contributed by atoms with Crippen molar-refractivity contribution >= 4 is 17.4 Å². The lowest BCUT2D eigenvalue weighted by molar-refractivity contribution is 0.122. The van der Waals surface area contributed by atoms with Crippen LogP contribution in [0, 0.1) is 0 Å². The minimum Gasteiger partial charge on any atom is -0.378 e. The average molecular weight is 318 g/mol. The molecule has 0 aliphatic carbocycles. The molecule has 1 fully saturated rings. The molecule has 4 nitrogen and oxygen atoms in total. The van der Waals surface area contributed by atoms with E-state index in [0.717, 1.165) is 54.2 Å². The molecular weight excluding hydrogens is 298 g/mol. The van der Waals surface area contributed by atoms with Crippen LogP contribution >= 0.6 is 11.6 Å². The Morgan fingerprint density at radius 1 is 1.09 bits per heavy atom. The fourth-order valence-corrected chi connectivity index (χ4v) is 2.56. The van der Waals surface area contributed by atoms with Crippen LogP contribution in [0.4, 0.5) is 5.82 Å². The van der Waals surface area contributed by atoms with Crippen molar-refractivity contribution in [3.8, 4) is 11.4 Å². The largest absolute Gasteiger partial charge is 0.378 e. The van der Waals surface area contributed by atoms with Crippen molar-refractivity contribution in [2.45, 2.75) is 19.8 Å². The number of anilines is 1. The molecule has 116 valence electrons. The van der Waals surface area contributed by atoms with Crippen molar-refractivity contribution in [3.63, 3.8) is 0 Å². The van der Waals surface area contributed by atoms with Crippen molar-refractivity contribution in [3.05, 3.63) is 41.0 Å². The van der Waals surface area contributed by atoms with Gasteiger partial charge in [-0.05, 0) is 30.2 Å². The zero-order chi connectivity index (χ0) is 15.5. The molecule has 0 spiro atoms. The molecule has 1 saturated heterocycles. The highest BCUT2D eigenvalue weighted by molar-refractivity contribution is 6.30. The van der Waals surface area contributed by atoms with E-state index in [2.05, 4.69) is 24.8 Å². The molecule has 1 aromatic heterocycles. The van der Waals surface area contributed by atoms with Gasteiger partial charge < -0.3 is 9.64 Å². The first-order chi connectivity index (χ1) is 10.6. The zero-order valence-electron chi connectivity index (χ0n) is 12.9. The Morgan fingerprint density at radius 2 is 1.77 bits per heavy atom. The van der Waals surface area contributed by atoms with Gasteiger partial charge in [-0.2, -0.15) is 0 Å². The van der Waals surface area contributed by atoms with E-state index < -0.39 is 0 Å². The van der Waals surface area contributed by atoms with E-state index >= 15 is 0 Å². The van der Waals surface area contributed by atoms with Gasteiger partial charge in [0.1, 0.15) is 5.82 Å². The fraction of sp³-hybridized carbons (Fsp3) is 0.412. The zero-order valence-corrected chi connectivity index (χ0v) is 13.7. The van der Waals surface area contributed by atoms with Crippen LogP contribution in [0.3, 0.4) is 0 Å². The smallest absolute Gasteiger partial charge is 0.161 e. The van der Waals surface area contributed by atoms with E-state index in [0.29, 0.717) is 5.92 Å². The maximum absolute atomic E-state index is 5.97. The number of ether oxygens (including phenoxy) is 1. The number of benzene rings is 1. The van der Waals surface area contributed by atoms with Crippen LogP contribution in [-0.4, -0.2) is 36.3 Å². The van der Waals surface area contributed by atoms with Gasteiger partial charge in [-0.3, -0.25) is 0 Å². The van der Waals surface area contributed by atoms with Crippen LogP contribution < -0.4 is 4.90 Å². The third-order valence-electron chi connectivity index (χ3n) is 3.76. The number of rotatable bonds is 3. The average Bonchev–Trinajstić information content (AvgIpc) is 2.56. The minimum atomic E-state index is 0.355. The van der Waals surface area contributed by atoms with Crippen LogP contribution in [0.5, 0.6) is 0 Å². The van der Waals surface area contributed by atoms with Crippen LogP contribution in [0.1, 0.15) is 25.5 Å². The Morgan fingerprint density at radius 3 is 2.41 bits per heavy atom. The number of hydrogen-bond donors (Lipinski definition) is 0. The lowest BCUT2D eigenvalue weighted by Crippen LogP contribution is -2.37. The van der Waals surface area contributed by atoms with Crippen molar-refractivity contribution in [2.24, 2.45) is 0 Å². The molecule has 0 amide bonds. The minimum absolute atomic E-state index is 0.355. The predicted octanol–water partition coefficient (Wildman–Crippen LogP) is 3.76. The van der Waals surface area contributed by atoms with E-state index in [1.165, 1.54) is 0 Å². The van der Waals surface area contributed by atoms with E-state index in [4.69, 9.17) is 26.3 Å². The molecule has 1 aliphatic heterocycles. The summed E-state index contributed by atoms with van der Waals surface area (Å²) in [6.07, 6.45) is 0. The summed E-state index contributed by atoms with van der Waals surface area (Å²) in [5, 5.41) is 0.720. The molecule has 0 bridgehead atoms. The third kappa shape index (κ3) is 3.39. The number of hydrogen-bond acceptors (Lipinski definition) is 4. The molecule has 0 atom stereocenters. The molecule has 5 heteroatoms. The van der Waals surface area contributed by atoms with E-state index in [-0.39, 0.29) is 0 Å². The summed E-state index contributed by atoms with van der Waals surface area (Å²) < 4.78 is 5.43. The molecule has 0 saturated carbocycles. The van der Waals surface area contributed by atoms with Crippen molar-refractivity contribution in [2.75, 3.05) is 31.2 Å². The summed E-state index contributed by atoms with van der Waals surface area (Å²) in [5.74, 6) is 2.09. The maximum Gasteiger partial charge on any atom is 0.161 e. The second-order valence-corrected chi connectivity index (χ2v) is 6.17. The van der Waals surface area contributed by atoms with Gasteiger partial charge in [0, 0.05) is 35.4 Å². The summed E-state index contributed by atoms with van der Waals surface area (Å²) in [7, 11) is 0. The highest BCUT2D eigenvalue weighted by Gasteiger charge is 2.16. The van der Waals surface area contributed by atoms with Gasteiger partial charge in [-0.1, -0.05) is 25.4 Å². The van der Waals surface area contributed by atoms with Gasteiger partial charge in [-0.15, -0.1) is 0 Å². The first-order valence-corrected chi connectivity index (χ1v) is 7.99. The molecule has 2 aromatic rings. The Hall–Kier alpha value is -1.65. The van der Waals surface area contributed by atoms with E-state index in [9.17, 15) is 0 Å². The van der Waals surface area contributed by atoms with Gasteiger partial charge >= 0.3 is 0 Å². The first-order valence-electron chi connectivity index (χ1n) is 7.61. The van der Waals surface area contributed by atoms with Gasteiger partial charge in [0.15, 0.2) is 5.82 Å². The van der Waals surface area contributed by atoms with Crippen molar-refractivity contribution in [1.29, 1.82) is 0 Å². The fourth-order valence-electron chi connectivity index (χ4n) is 2.43. The normalized spacial score (nSPS) is 15.4. The number of nitrogens with zero attached hydrogens (tertiary/aromatic N) is 3.